The molecule has 0 amide bonds. The highest BCUT2D eigenvalue weighted by molar-refractivity contribution is 5.23. The van der Waals surface area contributed by atoms with Crippen LogP contribution in [0.15, 0.2) is 11.6 Å². The van der Waals surface area contributed by atoms with E-state index in [1.165, 1.54) is 77.0 Å². The Morgan fingerprint density at radius 2 is 0.829 bits per heavy atom. The first kappa shape index (κ1) is 73.6. The summed E-state index contributed by atoms with van der Waals surface area (Å²) in [7, 11) is 0. The van der Waals surface area contributed by atoms with E-state index in [0.29, 0.717) is 71.8 Å². The van der Waals surface area contributed by atoms with Gasteiger partial charge in [-0.2, -0.15) is 0 Å². The molecule has 1 unspecified atom stereocenters. The molecule has 454 valence electrons. The van der Waals surface area contributed by atoms with Crippen LogP contribution in [-0.4, -0.2) is 47.8 Å². The first-order valence-corrected chi connectivity index (χ1v) is 31.4. The van der Waals surface area contributed by atoms with E-state index in [4.69, 9.17) is 18.9 Å². The molecule has 0 aromatic carbocycles. The van der Waals surface area contributed by atoms with Crippen LogP contribution in [0.2, 0.25) is 0 Å². The SMILES string of the molecule is CC(C)(C)C1=CCCC1(C)C.CC(C)(C)C1CCCC1(C)C.CC(C)(C)OC1CC(C)(C)C(C)(C)C1.CC(C)(C)OCC1C(C)(C)C1(C)C.CC1(C)CC(COC(C)(C)C)C1.CC1(C)CC(OC(C)(C)C)CC(C)(C)C1. The van der Waals surface area contributed by atoms with Gasteiger partial charge in [-0.05, 0) is 231 Å². The van der Waals surface area contributed by atoms with Crippen molar-refractivity contribution in [2.24, 2.45) is 77.3 Å². The fourth-order valence-electron chi connectivity index (χ4n) is 15.0. The predicted octanol–water partition coefficient (Wildman–Crippen LogP) is 22.8. The van der Waals surface area contributed by atoms with E-state index in [1.807, 2.05) is 0 Å². The van der Waals surface area contributed by atoms with Crippen LogP contribution in [0.4, 0.5) is 0 Å². The van der Waals surface area contributed by atoms with E-state index in [1.54, 1.807) is 5.57 Å². The molecule has 1 atom stereocenters. The molecule has 6 rings (SSSR count). The quantitative estimate of drug-likeness (QED) is 0.248. The first-order chi connectivity index (χ1) is 33.1. The predicted molar refractivity (Wildman–Crippen MR) is 338 cm³/mol. The Kier molecular flexibility index (Phi) is 24.4. The molecule has 0 aliphatic heterocycles. The third-order valence-corrected chi connectivity index (χ3v) is 19.3. The molecule has 0 aromatic heterocycles. The minimum absolute atomic E-state index is 0.00116. The third kappa shape index (κ3) is 25.4. The lowest BCUT2D eigenvalue weighted by molar-refractivity contribution is -0.115. The van der Waals surface area contributed by atoms with Crippen LogP contribution in [0.1, 0.15) is 326 Å². The fraction of sp³-hybridized carbons (Fsp3) is 0.972. The highest BCUT2D eigenvalue weighted by atomic mass is 16.5. The molecule has 0 saturated heterocycles. The maximum Gasteiger partial charge on any atom is 0.0602 e. The number of allylic oxidation sites excluding steroid dienone is 2. The molecule has 5 fully saturated rings. The second kappa shape index (κ2) is 25.2. The highest BCUT2D eigenvalue weighted by Gasteiger charge is 2.64. The molecule has 6 aliphatic carbocycles. The van der Waals surface area contributed by atoms with Gasteiger partial charge in [0.2, 0.25) is 0 Å². The van der Waals surface area contributed by atoms with Gasteiger partial charge in [0.25, 0.3) is 0 Å². The molecule has 4 nitrogen and oxygen atoms in total. The number of ether oxygens (including phenoxy) is 4. The van der Waals surface area contributed by atoms with Gasteiger partial charge in [-0.25, -0.2) is 0 Å². The monoisotopic (exact) mass is 1070 g/mol. The lowest BCUT2D eigenvalue weighted by Crippen LogP contribution is -2.41. The number of rotatable bonds is 6. The van der Waals surface area contributed by atoms with E-state index in [0.717, 1.165) is 31.0 Å². The summed E-state index contributed by atoms with van der Waals surface area (Å²) in [6.45, 7) is 84.1. The van der Waals surface area contributed by atoms with Crippen LogP contribution in [0, 0.1) is 77.3 Å². The van der Waals surface area contributed by atoms with Crippen molar-refractivity contribution in [3.05, 3.63) is 11.6 Å². The molecular weight excluding hydrogens is 929 g/mol. The molecule has 4 heteroatoms. The van der Waals surface area contributed by atoms with E-state index >= 15 is 0 Å². The van der Waals surface area contributed by atoms with Crippen LogP contribution < -0.4 is 0 Å². The zero-order chi connectivity index (χ0) is 60.4. The van der Waals surface area contributed by atoms with Crippen molar-refractivity contribution >= 4 is 0 Å². The largest absolute Gasteiger partial charge is 0.376 e. The minimum Gasteiger partial charge on any atom is -0.376 e. The number of hydrogen-bond acceptors (Lipinski definition) is 4. The zero-order valence-corrected chi connectivity index (χ0v) is 59.0. The molecule has 0 spiro atoms. The maximum atomic E-state index is 6.15. The van der Waals surface area contributed by atoms with Gasteiger partial charge in [0, 0.05) is 0 Å². The summed E-state index contributed by atoms with van der Waals surface area (Å²) in [5.41, 5.74) is 6.80. The average molecular weight is 1070 g/mol. The van der Waals surface area contributed by atoms with E-state index in [-0.39, 0.29) is 22.4 Å². The van der Waals surface area contributed by atoms with Gasteiger partial charge in [-0.1, -0.05) is 184 Å². The maximum absolute atomic E-state index is 6.15. The van der Waals surface area contributed by atoms with Gasteiger partial charge >= 0.3 is 0 Å². The molecule has 0 N–H and O–H groups in total. The second-order valence-corrected chi connectivity index (χ2v) is 38.2. The van der Waals surface area contributed by atoms with Gasteiger partial charge in [-0.3, -0.25) is 0 Å². The normalized spacial score (nSPS) is 26.3. The van der Waals surface area contributed by atoms with Gasteiger partial charge in [-0.15, -0.1) is 0 Å². The van der Waals surface area contributed by atoms with Crippen LogP contribution in [0.25, 0.3) is 0 Å². The van der Waals surface area contributed by atoms with Gasteiger partial charge in [0.15, 0.2) is 0 Å². The van der Waals surface area contributed by atoms with Crippen molar-refractivity contribution in [3.8, 4) is 0 Å². The molecule has 0 radical (unpaired) electrons. The Labute approximate surface area is 479 Å². The Morgan fingerprint density at radius 3 is 1.08 bits per heavy atom. The summed E-state index contributed by atoms with van der Waals surface area (Å²) in [5.74, 6) is 2.47. The summed E-state index contributed by atoms with van der Waals surface area (Å²) in [4.78, 5) is 0. The van der Waals surface area contributed by atoms with Crippen LogP contribution in [0.3, 0.4) is 0 Å². The smallest absolute Gasteiger partial charge is 0.0602 e. The molecule has 6 aliphatic rings. The minimum atomic E-state index is -0.00579. The fourth-order valence-corrected chi connectivity index (χ4v) is 15.0. The van der Waals surface area contributed by atoms with Crippen molar-refractivity contribution in [3.63, 3.8) is 0 Å². The second-order valence-electron chi connectivity index (χ2n) is 38.2. The first-order valence-electron chi connectivity index (χ1n) is 31.4. The van der Waals surface area contributed by atoms with E-state index in [9.17, 15) is 0 Å². The standard InChI is InChI=1S/C14H28O.C13H26O.C12H24O.C11H22O.C11H22.C11H20/c1-12(2,3)15-11-8-13(4,5)10-14(6,7)9-11;1-11(2,3)14-10-8-12(4,5)13(6,7)9-10;1-10(2,3)13-8-9-11(4,5)12(9,6)7;1-10(2,3)12-8-9-6-11(4,5)7-9;2*1-10(2,3)9-7-6-8-11(9,4)5/h11H,8-10H2,1-7H3;10H,8-9H2,1-7H3;9H,8H2,1-7H3;9H,6-8H2,1-5H3;9H,6-8H2,1-5H3;7H,6,8H2,1-5H3. The Hall–Kier alpha value is -0.420. The number of hydrogen-bond donors (Lipinski definition) is 0. The van der Waals surface area contributed by atoms with Gasteiger partial charge in [0.1, 0.15) is 0 Å². The molecule has 76 heavy (non-hydrogen) atoms. The summed E-state index contributed by atoms with van der Waals surface area (Å²) in [6, 6.07) is 0. The lowest BCUT2D eigenvalue weighted by atomic mass is 9.64. The molecule has 0 aromatic rings. The van der Waals surface area contributed by atoms with Crippen LogP contribution >= 0.6 is 0 Å². The summed E-state index contributed by atoms with van der Waals surface area (Å²) in [6.07, 6.45) is 19.0. The van der Waals surface area contributed by atoms with Crippen LogP contribution in [-0.2, 0) is 18.9 Å². The van der Waals surface area contributed by atoms with Crippen LogP contribution in [0.5, 0.6) is 0 Å². The molecular formula is C72H142O4. The van der Waals surface area contributed by atoms with Crippen molar-refractivity contribution in [1.82, 2.24) is 0 Å². The van der Waals surface area contributed by atoms with E-state index in [2.05, 4.69) is 255 Å². The van der Waals surface area contributed by atoms with Crippen molar-refractivity contribution in [2.45, 2.75) is 361 Å². The summed E-state index contributed by atoms with van der Waals surface area (Å²) >= 11 is 0. The van der Waals surface area contributed by atoms with E-state index < -0.39 is 0 Å². The summed E-state index contributed by atoms with van der Waals surface area (Å²) < 4.78 is 23.8. The van der Waals surface area contributed by atoms with Crippen molar-refractivity contribution < 1.29 is 18.9 Å². The Morgan fingerprint density at radius 1 is 0.447 bits per heavy atom. The zero-order valence-electron chi connectivity index (χ0n) is 59.0. The van der Waals surface area contributed by atoms with Crippen molar-refractivity contribution in [1.29, 1.82) is 0 Å². The third-order valence-electron chi connectivity index (χ3n) is 19.3. The Balaban J connectivity index is 0.000000458. The molecule has 0 heterocycles. The topological polar surface area (TPSA) is 36.9 Å². The lowest BCUT2D eigenvalue weighted by Gasteiger charge is -2.46. The highest BCUT2D eigenvalue weighted by Crippen LogP contribution is 2.68. The molecule has 0 bridgehead atoms. The van der Waals surface area contributed by atoms with Crippen molar-refractivity contribution in [2.75, 3.05) is 13.2 Å². The Bertz CT molecular complexity index is 1710. The molecule has 5 saturated carbocycles. The summed E-state index contributed by atoms with van der Waals surface area (Å²) in [5, 5.41) is 0. The average Bonchev–Trinajstić information content (AvgIpc) is 3.52. The van der Waals surface area contributed by atoms with Gasteiger partial charge < -0.3 is 18.9 Å². The van der Waals surface area contributed by atoms with Gasteiger partial charge in [0.05, 0.1) is 47.8 Å².